The summed E-state index contributed by atoms with van der Waals surface area (Å²) in [5.41, 5.74) is 4.89. The molecule has 0 bridgehead atoms. The van der Waals surface area contributed by atoms with E-state index in [1.807, 2.05) is 37.3 Å². The normalized spacial score (nSPS) is 11.0. The van der Waals surface area contributed by atoms with Crippen molar-refractivity contribution < 1.29 is 0 Å². The largest absolute Gasteiger partial charge is 0.340 e. The first-order chi connectivity index (χ1) is 12.1. The highest BCUT2D eigenvalue weighted by atomic mass is 35.5. The molecule has 0 amide bonds. The average Bonchev–Trinajstić information content (AvgIpc) is 3.04. The molecule has 2 heterocycles. The Morgan fingerprint density at radius 2 is 1.80 bits per heavy atom. The molecule has 5 nitrogen and oxygen atoms in total. The van der Waals surface area contributed by atoms with Gasteiger partial charge >= 0.3 is 0 Å². The lowest BCUT2D eigenvalue weighted by molar-refractivity contribution is 0.887. The van der Waals surface area contributed by atoms with E-state index in [4.69, 9.17) is 11.6 Å². The Morgan fingerprint density at radius 1 is 1.00 bits per heavy atom. The van der Waals surface area contributed by atoms with Crippen LogP contribution in [-0.2, 0) is 0 Å². The molecule has 0 saturated heterocycles. The molecule has 0 aliphatic rings. The van der Waals surface area contributed by atoms with Crippen LogP contribution in [0.1, 0.15) is 11.1 Å². The molecule has 4 rings (SSSR count). The SMILES string of the molecule is Cc1ccc(Nc2ncnc3c2cnn3-c2cc(Cl)ccc2C)cc1. The summed E-state index contributed by atoms with van der Waals surface area (Å²) in [5.74, 6) is 0.722. The van der Waals surface area contributed by atoms with Gasteiger partial charge in [-0.05, 0) is 43.7 Å². The van der Waals surface area contributed by atoms with Crippen LogP contribution in [0, 0.1) is 13.8 Å². The summed E-state index contributed by atoms with van der Waals surface area (Å²) in [6, 6.07) is 13.9. The van der Waals surface area contributed by atoms with Gasteiger partial charge in [0.15, 0.2) is 5.65 Å². The zero-order valence-electron chi connectivity index (χ0n) is 13.9. The van der Waals surface area contributed by atoms with Crippen LogP contribution in [-0.4, -0.2) is 19.7 Å². The lowest BCUT2D eigenvalue weighted by atomic mass is 10.2. The molecule has 0 aliphatic carbocycles. The number of benzene rings is 2. The molecule has 4 aromatic rings. The second-order valence-electron chi connectivity index (χ2n) is 5.94. The standard InChI is InChI=1S/C19H16ClN5/c1-12-3-7-15(8-4-12)24-18-16-10-23-25(19(16)22-11-21-18)17-9-14(20)6-5-13(17)2/h3-11H,1-2H3,(H,21,22,24). The number of fused-ring (bicyclic) bond motifs is 1. The van der Waals surface area contributed by atoms with Crippen molar-refractivity contribution in [1.29, 1.82) is 0 Å². The fourth-order valence-electron chi connectivity index (χ4n) is 2.70. The zero-order valence-corrected chi connectivity index (χ0v) is 14.6. The van der Waals surface area contributed by atoms with Crippen molar-refractivity contribution in [2.75, 3.05) is 5.32 Å². The van der Waals surface area contributed by atoms with Crippen molar-refractivity contribution in [2.45, 2.75) is 13.8 Å². The van der Waals surface area contributed by atoms with Crippen LogP contribution in [0.2, 0.25) is 5.02 Å². The van der Waals surface area contributed by atoms with Crippen molar-refractivity contribution in [1.82, 2.24) is 19.7 Å². The highest BCUT2D eigenvalue weighted by Crippen LogP contribution is 2.26. The maximum Gasteiger partial charge on any atom is 0.168 e. The number of hydrogen-bond donors (Lipinski definition) is 1. The fourth-order valence-corrected chi connectivity index (χ4v) is 2.87. The van der Waals surface area contributed by atoms with Gasteiger partial charge in [0, 0.05) is 10.7 Å². The molecule has 6 heteroatoms. The minimum Gasteiger partial charge on any atom is -0.340 e. The maximum atomic E-state index is 6.15. The van der Waals surface area contributed by atoms with Gasteiger partial charge in [0.05, 0.1) is 17.3 Å². The number of anilines is 2. The number of nitrogens with zero attached hydrogens (tertiary/aromatic N) is 4. The lowest BCUT2D eigenvalue weighted by Crippen LogP contribution is -2.01. The van der Waals surface area contributed by atoms with Crippen LogP contribution in [0.15, 0.2) is 55.0 Å². The number of halogens is 1. The highest BCUT2D eigenvalue weighted by molar-refractivity contribution is 6.30. The van der Waals surface area contributed by atoms with Gasteiger partial charge in [0.2, 0.25) is 0 Å². The number of nitrogens with one attached hydrogen (secondary N) is 1. The highest BCUT2D eigenvalue weighted by Gasteiger charge is 2.13. The monoisotopic (exact) mass is 349 g/mol. The van der Waals surface area contributed by atoms with Crippen molar-refractivity contribution in [2.24, 2.45) is 0 Å². The number of rotatable bonds is 3. The Morgan fingerprint density at radius 3 is 2.60 bits per heavy atom. The topological polar surface area (TPSA) is 55.6 Å². The average molecular weight is 350 g/mol. The van der Waals surface area contributed by atoms with Crippen molar-refractivity contribution in [3.63, 3.8) is 0 Å². The zero-order chi connectivity index (χ0) is 17.4. The Bertz CT molecular complexity index is 1050. The summed E-state index contributed by atoms with van der Waals surface area (Å²) in [6.07, 6.45) is 3.31. The van der Waals surface area contributed by atoms with E-state index in [2.05, 4.69) is 39.4 Å². The van der Waals surface area contributed by atoms with Gasteiger partial charge in [0.25, 0.3) is 0 Å². The molecule has 0 aliphatic heterocycles. The molecular formula is C19H16ClN5. The van der Waals surface area contributed by atoms with Gasteiger partial charge in [-0.25, -0.2) is 14.6 Å². The van der Waals surface area contributed by atoms with E-state index in [-0.39, 0.29) is 0 Å². The van der Waals surface area contributed by atoms with E-state index >= 15 is 0 Å². The van der Waals surface area contributed by atoms with Gasteiger partial charge in [-0.15, -0.1) is 0 Å². The van der Waals surface area contributed by atoms with Gasteiger partial charge in [-0.3, -0.25) is 0 Å². The molecule has 0 saturated carbocycles. The minimum atomic E-state index is 0.663. The van der Waals surface area contributed by atoms with E-state index in [9.17, 15) is 0 Å². The maximum absolute atomic E-state index is 6.15. The molecule has 0 unspecified atom stereocenters. The summed E-state index contributed by atoms with van der Waals surface area (Å²) in [6.45, 7) is 4.08. The number of hydrogen-bond acceptors (Lipinski definition) is 4. The second kappa shape index (κ2) is 6.18. The van der Waals surface area contributed by atoms with Gasteiger partial charge in [-0.2, -0.15) is 5.10 Å². The Kier molecular flexibility index (Phi) is 3.86. The fraction of sp³-hybridized carbons (Fsp3) is 0.105. The minimum absolute atomic E-state index is 0.663. The van der Waals surface area contributed by atoms with Crippen LogP contribution < -0.4 is 5.32 Å². The van der Waals surface area contributed by atoms with Crippen LogP contribution in [0.4, 0.5) is 11.5 Å². The molecule has 0 radical (unpaired) electrons. The molecule has 1 N–H and O–H groups in total. The molecule has 2 aromatic carbocycles. The van der Waals surface area contributed by atoms with E-state index in [0.717, 1.165) is 33.8 Å². The third-order valence-electron chi connectivity index (χ3n) is 4.08. The molecule has 0 fully saturated rings. The first-order valence-electron chi connectivity index (χ1n) is 7.91. The van der Waals surface area contributed by atoms with Gasteiger partial charge in [0.1, 0.15) is 12.1 Å². The Labute approximate surface area is 150 Å². The predicted octanol–water partition coefficient (Wildman–Crippen LogP) is 4.83. The molecular weight excluding hydrogens is 334 g/mol. The Balaban J connectivity index is 1.80. The predicted molar refractivity (Wildman–Crippen MR) is 101 cm³/mol. The third kappa shape index (κ3) is 2.94. The first-order valence-corrected chi connectivity index (χ1v) is 8.28. The van der Waals surface area contributed by atoms with Crippen LogP contribution in [0.25, 0.3) is 16.7 Å². The van der Waals surface area contributed by atoms with E-state index < -0.39 is 0 Å². The van der Waals surface area contributed by atoms with Crippen LogP contribution in [0.5, 0.6) is 0 Å². The van der Waals surface area contributed by atoms with Gasteiger partial charge in [-0.1, -0.05) is 35.4 Å². The summed E-state index contributed by atoms with van der Waals surface area (Å²) >= 11 is 6.15. The van der Waals surface area contributed by atoms with Gasteiger partial charge < -0.3 is 5.32 Å². The van der Waals surface area contributed by atoms with Crippen molar-refractivity contribution in [3.05, 3.63) is 71.1 Å². The second-order valence-corrected chi connectivity index (χ2v) is 6.37. The van der Waals surface area contributed by atoms with Crippen molar-refractivity contribution in [3.8, 4) is 5.69 Å². The van der Waals surface area contributed by atoms with E-state index in [0.29, 0.717) is 5.02 Å². The summed E-state index contributed by atoms with van der Waals surface area (Å²) in [5, 5.41) is 9.35. The quantitative estimate of drug-likeness (QED) is 0.575. The summed E-state index contributed by atoms with van der Waals surface area (Å²) in [4.78, 5) is 8.78. The van der Waals surface area contributed by atoms with E-state index in [1.54, 1.807) is 10.9 Å². The van der Waals surface area contributed by atoms with E-state index in [1.165, 1.54) is 11.9 Å². The van der Waals surface area contributed by atoms with Crippen molar-refractivity contribution >= 4 is 34.1 Å². The first kappa shape index (κ1) is 15.6. The van der Waals surface area contributed by atoms with Crippen LogP contribution in [0.3, 0.4) is 0 Å². The summed E-state index contributed by atoms with van der Waals surface area (Å²) < 4.78 is 1.79. The molecule has 2 aromatic heterocycles. The molecule has 25 heavy (non-hydrogen) atoms. The third-order valence-corrected chi connectivity index (χ3v) is 4.31. The lowest BCUT2D eigenvalue weighted by Gasteiger charge is -2.09. The smallest absolute Gasteiger partial charge is 0.168 e. The number of aryl methyl sites for hydroxylation is 2. The molecule has 0 atom stereocenters. The summed E-state index contributed by atoms with van der Waals surface area (Å²) in [7, 11) is 0. The molecule has 124 valence electrons. The molecule has 0 spiro atoms. The Hall–Kier alpha value is -2.92. The van der Waals surface area contributed by atoms with Crippen LogP contribution >= 0.6 is 11.6 Å². The number of aromatic nitrogens is 4.